The van der Waals surface area contributed by atoms with Crippen molar-refractivity contribution in [2.45, 2.75) is 26.8 Å². The molecule has 1 rings (SSSR count). The number of rotatable bonds is 8. The maximum absolute atomic E-state index is 4.55. The Labute approximate surface area is 139 Å². The summed E-state index contributed by atoms with van der Waals surface area (Å²) in [6.45, 7) is 8.89. The Kier molecular flexibility index (Phi) is 12.0. The van der Waals surface area contributed by atoms with E-state index in [0.717, 1.165) is 45.1 Å². The standard InChI is InChI=1S/C16H28N4.BrH/c1-4-17-16(18-5-2)19-12-9-13-20(3)14-15-10-7-6-8-11-15;/h6-8,10-11H,4-5,9,12-14H2,1-3H3,(H2,17,18,19);1H. The molecule has 0 aliphatic heterocycles. The van der Waals surface area contributed by atoms with E-state index in [1.54, 1.807) is 0 Å². The third-order valence-corrected chi connectivity index (χ3v) is 2.95. The second kappa shape index (κ2) is 12.7. The number of hydrogen-bond donors (Lipinski definition) is 2. The van der Waals surface area contributed by atoms with Crippen LogP contribution < -0.4 is 10.6 Å². The van der Waals surface area contributed by atoms with Gasteiger partial charge in [-0.25, -0.2) is 0 Å². The third kappa shape index (κ3) is 9.47. The highest BCUT2D eigenvalue weighted by molar-refractivity contribution is 8.93. The lowest BCUT2D eigenvalue weighted by atomic mass is 10.2. The normalized spacial score (nSPS) is 9.90. The minimum atomic E-state index is 0. The Morgan fingerprint density at radius 3 is 2.29 bits per heavy atom. The van der Waals surface area contributed by atoms with Crippen LogP contribution in [0.3, 0.4) is 0 Å². The molecule has 0 saturated heterocycles. The molecule has 120 valence electrons. The van der Waals surface area contributed by atoms with E-state index >= 15 is 0 Å². The first-order chi connectivity index (χ1) is 9.76. The summed E-state index contributed by atoms with van der Waals surface area (Å²) in [4.78, 5) is 6.89. The third-order valence-electron chi connectivity index (χ3n) is 2.95. The second-order valence-corrected chi connectivity index (χ2v) is 4.87. The number of nitrogens with zero attached hydrogens (tertiary/aromatic N) is 2. The fourth-order valence-electron chi connectivity index (χ4n) is 2.01. The number of nitrogens with one attached hydrogen (secondary N) is 2. The monoisotopic (exact) mass is 356 g/mol. The number of halogens is 1. The lowest BCUT2D eigenvalue weighted by Gasteiger charge is -2.16. The van der Waals surface area contributed by atoms with E-state index in [1.165, 1.54) is 5.56 Å². The summed E-state index contributed by atoms with van der Waals surface area (Å²) < 4.78 is 0. The topological polar surface area (TPSA) is 39.7 Å². The van der Waals surface area contributed by atoms with E-state index in [1.807, 2.05) is 0 Å². The molecule has 0 aromatic heterocycles. The van der Waals surface area contributed by atoms with Crippen LogP contribution in [0.5, 0.6) is 0 Å². The zero-order valence-corrected chi connectivity index (χ0v) is 15.1. The quantitative estimate of drug-likeness (QED) is 0.427. The van der Waals surface area contributed by atoms with Gasteiger partial charge in [0.1, 0.15) is 0 Å². The molecule has 0 heterocycles. The van der Waals surface area contributed by atoms with Crippen molar-refractivity contribution in [3.05, 3.63) is 35.9 Å². The van der Waals surface area contributed by atoms with Crippen LogP contribution in [0, 0.1) is 0 Å². The number of aliphatic imine (C=N–C) groups is 1. The van der Waals surface area contributed by atoms with Gasteiger partial charge in [0.05, 0.1) is 0 Å². The molecule has 4 nitrogen and oxygen atoms in total. The van der Waals surface area contributed by atoms with Gasteiger partial charge in [0.15, 0.2) is 5.96 Å². The van der Waals surface area contributed by atoms with E-state index in [9.17, 15) is 0 Å². The fraction of sp³-hybridized carbons (Fsp3) is 0.562. The van der Waals surface area contributed by atoms with Crippen molar-refractivity contribution in [2.75, 3.05) is 33.2 Å². The maximum atomic E-state index is 4.55. The molecule has 2 N–H and O–H groups in total. The molecule has 0 radical (unpaired) electrons. The number of hydrogen-bond acceptors (Lipinski definition) is 2. The van der Waals surface area contributed by atoms with E-state index < -0.39 is 0 Å². The molecule has 0 spiro atoms. The first-order valence-electron chi connectivity index (χ1n) is 7.51. The van der Waals surface area contributed by atoms with Crippen LogP contribution in [0.1, 0.15) is 25.8 Å². The lowest BCUT2D eigenvalue weighted by Crippen LogP contribution is -2.37. The van der Waals surface area contributed by atoms with Gasteiger partial charge in [-0.1, -0.05) is 30.3 Å². The lowest BCUT2D eigenvalue weighted by molar-refractivity contribution is 0.324. The van der Waals surface area contributed by atoms with Gasteiger partial charge in [0, 0.05) is 26.2 Å². The molecule has 0 amide bonds. The molecule has 0 aliphatic rings. The molecular weight excluding hydrogens is 328 g/mol. The molecule has 21 heavy (non-hydrogen) atoms. The molecule has 0 atom stereocenters. The highest BCUT2D eigenvalue weighted by Crippen LogP contribution is 2.02. The Morgan fingerprint density at radius 1 is 1.10 bits per heavy atom. The van der Waals surface area contributed by atoms with Crippen LogP contribution >= 0.6 is 17.0 Å². The van der Waals surface area contributed by atoms with Crippen LogP contribution in [0.25, 0.3) is 0 Å². The van der Waals surface area contributed by atoms with Gasteiger partial charge in [-0.05, 0) is 39.4 Å². The van der Waals surface area contributed by atoms with Crippen LogP contribution in [-0.2, 0) is 6.54 Å². The second-order valence-electron chi connectivity index (χ2n) is 4.87. The summed E-state index contributed by atoms with van der Waals surface area (Å²) in [5, 5.41) is 6.47. The summed E-state index contributed by atoms with van der Waals surface area (Å²) in [5.74, 6) is 0.917. The minimum Gasteiger partial charge on any atom is -0.357 e. The van der Waals surface area contributed by atoms with Crippen LogP contribution in [0.2, 0.25) is 0 Å². The van der Waals surface area contributed by atoms with Gasteiger partial charge in [0.25, 0.3) is 0 Å². The van der Waals surface area contributed by atoms with Gasteiger partial charge in [-0.3, -0.25) is 4.99 Å². The predicted molar refractivity (Wildman–Crippen MR) is 97.4 cm³/mol. The molecule has 5 heteroatoms. The van der Waals surface area contributed by atoms with E-state index in [0.29, 0.717) is 0 Å². The van der Waals surface area contributed by atoms with E-state index in [-0.39, 0.29) is 17.0 Å². The van der Waals surface area contributed by atoms with Crippen molar-refractivity contribution >= 4 is 22.9 Å². The largest absolute Gasteiger partial charge is 0.357 e. The molecule has 0 unspecified atom stereocenters. The van der Waals surface area contributed by atoms with Crippen molar-refractivity contribution in [2.24, 2.45) is 4.99 Å². The molecule has 1 aromatic carbocycles. The molecular formula is C16H29BrN4. The van der Waals surface area contributed by atoms with Crippen molar-refractivity contribution < 1.29 is 0 Å². The number of benzene rings is 1. The maximum Gasteiger partial charge on any atom is 0.191 e. The summed E-state index contributed by atoms with van der Waals surface area (Å²) in [6, 6.07) is 10.6. The van der Waals surface area contributed by atoms with Crippen molar-refractivity contribution in [1.82, 2.24) is 15.5 Å². The van der Waals surface area contributed by atoms with Gasteiger partial charge in [0.2, 0.25) is 0 Å². The van der Waals surface area contributed by atoms with Gasteiger partial charge >= 0.3 is 0 Å². The zero-order valence-electron chi connectivity index (χ0n) is 13.4. The average molecular weight is 357 g/mol. The van der Waals surface area contributed by atoms with Crippen molar-refractivity contribution in [3.63, 3.8) is 0 Å². The Bertz CT molecular complexity index is 373. The first-order valence-corrected chi connectivity index (χ1v) is 7.51. The van der Waals surface area contributed by atoms with Gasteiger partial charge in [-0.2, -0.15) is 0 Å². The molecule has 0 bridgehead atoms. The molecule has 0 saturated carbocycles. The van der Waals surface area contributed by atoms with Gasteiger partial charge in [-0.15, -0.1) is 17.0 Å². The van der Waals surface area contributed by atoms with E-state index in [2.05, 4.69) is 71.8 Å². The summed E-state index contributed by atoms with van der Waals surface area (Å²) in [7, 11) is 2.16. The Morgan fingerprint density at radius 2 is 1.71 bits per heavy atom. The summed E-state index contributed by atoms with van der Waals surface area (Å²) >= 11 is 0. The minimum absolute atomic E-state index is 0. The van der Waals surface area contributed by atoms with Crippen LogP contribution in [0.15, 0.2) is 35.3 Å². The average Bonchev–Trinajstić information content (AvgIpc) is 2.45. The highest BCUT2D eigenvalue weighted by atomic mass is 79.9. The predicted octanol–water partition coefficient (Wildman–Crippen LogP) is 2.66. The van der Waals surface area contributed by atoms with Crippen molar-refractivity contribution in [3.8, 4) is 0 Å². The zero-order chi connectivity index (χ0) is 14.6. The smallest absolute Gasteiger partial charge is 0.191 e. The van der Waals surface area contributed by atoms with E-state index in [4.69, 9.17) is 0 Å². The Balaban J connectivity index is 0.00000400. The first kappa shape index (κ1) is 19.9. The summed E-state index contributed by atoms with van der Waals surface area (Å²) in [6.07, 6.45) is 1.07. The molecule has 0 aliphatic carbocycles. The van der Waals surface area contributed by atoms with Crippen LogP contribution in [-0.4, -0.2) is 44.1 Å². The SMILES string of the molecule is Br.CCNC(=NCCCN(C)Cc1ccccc1)NCC. The van der Waals surface area contributed by atoms with Crippen molar-refractivity contribution in [1.29, 1.82) is 0 Å². The van der Waals surface area contributed by atoms with Gasteiger partial charge < -0.3 is 15.5 Å². The summed E-state index contributed by atoms with van der Waals surface area (Å²) in [5.41, 5.74) is 1.36. The molecule has 0 fully saturated rings. The highest BCUT2D eigenvalue weighted by Gasteiger charge is 2.00. The van der Waals surface area contributed by atoms with Crippen LogP contribution in [0.4, 0.5) is 0 Å². The Hall–Kier alpha value is -1.07. The number of guanidine groups is 1. The molecule has 1 aromatic rings. The fourth-order valence-corrected chi connectivity index (χ4v) is 2.01.